The summed E-state index contributed by atoms with van der Waals surface area (Å²) in [7, 11) is 0. The van der Waals surface area contributed by atoms with Crippen molar-refractivity contribution in [1.82, 2.24) is 14.8 Å². The minimum absolute atomic E-state index is 0.0893. The van der Waals surface area contributed by atoms with Gasteiger partial charge in [-0.2, -0.15) is 18.3 Å². The summed E-state index contributed by atoms with van der Waals surface area (Å²) < 4.78 is 40.8. The number of hydrogen-bond donors (Lipinski definition) is 1. The van der Waals surface area contributed by atoms with Crippen LogP contribution in [0.3, 0.4) is 0 Å². The summed E-state index contributed by atoms with van der Waals surface area (Å²) >= 11 is 0. The second-order valence-electron chi connectivity index (χ2n) is 9.62. The topological polar surface area (TPSA) is 76.9 Å². The Morgan fingerprint density at radius 2 is 1.82 bits per heavy atom. The highest BCUT2D eigenvalue weighted by atomic mass is 19.4. The quantitative estimate of drug-likeness (QED) is 0.310. The van der Waals surface area contributed by atoms with Crippen molar-refractivity contribution in [2.75, 3.05) is 5.32 Å². The molecule has 2 heterocycles. The van der Waals surface area contributed by atoms with E-state index in [1.54, 1.807) is 35.3 Å². The Hall–Kier alpha value is -4.27. The van der Waals surface area contributed by atoms with Crippen LogP contribution in [0, 0.1) is 19.8 Å². The number of ketones is 1. The van der Waals surface area contributed by atoms with Gasteiger partial charge in [-0.1, -0.05) is 12.1 Å². The zero-order valence-corrected chi connectivity index (χ0v) is 20.8. The van der Waals surface area contributed by atoms with Gasteiger partial charge >= 0.3 is 6.18 Å². The standard InChI is InChI=1S/C29H25F3N4O2/c1-17-6-9-23(35-28(38)20-4-3-5-22(11-20)29(30,31)32)12-26(17)36-16-21(14-34-36)25-15-33-24(10-18(25)2)13-27(37)19-7-8-19/h3-6,9-12,14-16,19H,7-8,13H2,1-2H3,(H,35,38). The lowest BCUT2D eigenvalue weighted by atomic mass is 10.0. The molecule has 0 spiro atoms. The fourth-order valence-corrected chi connectivity index (χ4v) is 4.31. The Kier molecular flexibility index (Phi) is 6.60. The molecule has 2 aromatic heterocycles. The lowest BCUT2D eigenvalue weighted by Gasteiger charge is -2.12. The fourth-order valence-electron chi connectivity index (χ4n) is 4.31. The number of alkyl halides is 3. The van der Waals surface area contributed by atoms with Gasteiger partial charge in [0, 0.05) is 52.8 Å². The molecule has 0 unspecified atom stereocenters. The third kappa shape index (κ3) is 5.51. The fraction of sp³-hybridized carbons (Fsp3) is 0.241. The molecule has 1 saturated carbocycles. The normalized spacial score (nSPS) is 13.4. The van der Waals surface area contributed by atoms with E-state index in [1.165, 1.54) is 12.1 Å². The van der Waals surface area contributed by atoms with Gasteiger partial charge in [-0.25, -0.2) is 4.68 Å². The predicted molar refractivity (Wildman–Crippen MR) is 137 cm³/mol. The van der Waals surface area contributed by atoms with Crippen LogP contribution in [0.1, 0.15) is 45.6 Å². The molecule has 5 rings (SSSR count). The first-order valence-corrected chi connectivity index (χ1v) is 12.2. The maximum absolute atomic E-state index is 13.0. The molecular formula is C29H25F3N4O2. The molecule has 0 bridgehead atoms. The first-order valence-electron chi connectivity index (χ1n) is 12.2. The highest BCUT2D eigenvalue weighted by Gasteiger charge is 2.31. The van der Waals surface area contributed by atoms with Crippen LogP contribution in [0.2, 0.25) is 0 Å². The van der Waals surface area contributed by atoms with Crippen LogP contribution in [-0.4, -0.2) is 26.5 Å². The van der Waals surface area contributed by atoms with Crippen molar-refractivity contribution in [1.29, 1.82) is 0 Å². The molecule has 1 amide bonds. The van der Waals surface area contributed by atoms with Crippen molar-refractivity contribution >= 4 is 17.4 Å². The highest BCUT2D eigenvalue weighted by Crippen LogP contribution is 2.32. The molecule has 9 heteroatoms. The maximum Gasteiger partial charge on any atom is 0.416 e. The Bertz CT molecular complexity index is 1540. The summed E-state index contributed by atoms with van der Waals surface area (Å²) in [5.41, 5.74) is 4.52. The SMILES string of the molecule is Cc1cc(CC(=O)C2CC2)ncc1-c1cnn(-c2cc(NC(=O)c3cccc(C(F)(F)F)c3)ccc2C)c1. The molecule has 1 aliphatic rings. The molecule has 0 radical (unpaired) electrons. The summed E-state index contributed by atoms with van der Waals surface area (Å²) in [5.74, 6) is -0.203. The molecule has 1 fully saturated rings. The molecule has 0 atom stereocenters. The number of aromatic nitrogens is 3. The van der Waals surface area contributed by atoms with E-state index in [4.69, 9.17) is 0 Å². The van der Waals surface area contributed by atoms with Gasteiger partial charge in [0.2, 0.25) is 0 Å². The van der Waals surface area contributed by atoms with E-state index in [1.807, 2.05) is 26.1 Å². The Labute approximate surface area is 217 Å². The number of carbonyl (C=O) groups is 2. The Morgan fingerprint density at radius 3 is 2.53 bits per heavy atom. The number of hydrogen-bond acceptors (Lipinski definition) is 4. The summed E-state index contributed by atoms with van der Waals surface area (Å²) in [6.45, 7) is 3.86. The zero-order chi connectivity index (χ0) is 27.0. The molecule has 2 aromatic carbocycles. The Balaban J connectivity index is 1.35. The molecular weight excluding hydrogens is 493 g/mol. The second-order valence-corrected chi connectivity index (χ2v) is 9.62. The van der Waals surface area contributed by atoms with Crippen LogP contribution in [0.25, 0.3) is 16.8 Å². The van der Waals surface area contributed by atoms with Gasteiger partial charge in [0.15, 0.2) is 0 Å². The van der Waals surface area contributed by atoms with E-state index in [-0.39, 0.29) is 17.3 Å². The van der Waals surface area contributed by atoms with E-state index in [0.29, 0.717) is 17.8 Å². The van der Waals surface area contributed by atoms with Gasteiger partial charge in [-0.15, -0.1) is 0 Å². The zero-order valence-electron chi connectivity index (χ0n) is 20.8. The number of amides is 1. The van der Waals surface area contributed by atoms with Crippen LogP contribution in [0.4, 0.5) is 18.9 Å². The lowest BCUT2D eigenvalue weighted by molar-refractivity contribution is -0.137. The van der Waals surface area contributed by atoms with Gasteiger partial charge < -0.3 is 5.32 Å². The van der Waals surface area contributed by atoms with Crippen LogP contribution in [0.5, 0.6) is 0 Å². The lowest BCUT2D eigenvalue weighted by Crippen LogP contribution is -2.14. The smallest absolute Gasteiger partial charge is 0.322 e. The molecule has 38 heavy (non-hydrogen) atoms. The van der Waals surface area contributed by atoms with Crippen LogP contribution < -0.4 is 5.32 Å². The number of benzene rings is 2. The van der Waals surface area contributed by atoms with Crippen LogP contribution in [0.15, 0.2) is 67.1 Å². The van der Waals surface area contributed by atoms with E-state index >= 15 is 0 Å². The summed E-state index contributed by atoms with van der Waals surface area (Å²) in [6.07, 6.45) is 3.09. The average Bonchev–Trinajstić information content (AvgIpc) is 3.62. The number of carbonyl (C=O) groups excluding carboxylic acids is 2. The number of halogens is 3. The van der Waals surface area contributed by atoms with E-state index in [0.717, 1.165) is 52.9 Å². The second kappa shape index (κ2) is 9.89. The van der Waals surface area contributed by atoms with Gasteiger partial charge in [-0.3, -0.25) is 14.6 Å². The van der Waals surface area contributed by atoms with Crippen molar-refractivity contribution < 1.29 is 22.8 Å². The maximum atomic E-state index is 13.0. The number of aryl methyl sites for hydroxylation is 2. The molecule has 1 aliphatic carbocycles. The molecule has 0 aliphatic heterocycles. The first-order chi connectivity index (χ1) is 18.1. The van der Waals surface area contributed by atoms with E-state index < -0.39 is 17.6 Å². The van der Waals surface area contributed by atoms with Gasteiger partial charge in [0.25, 0.3) is 5.91 Å². The molecule has 0 saturated heterocycles. The van der Waals surface area contributed by atoms with Crippen molar-refractivity contribution in [2.45, 2.75) is 39.3 Å². The first kappa shape index (κ1) is 25.4. The number of anilines is 1. The number of nitrogens with one attached hydrogen (secondary N) is 1. The van der Waals surface area contributed by atoms with Crippen molar-refractivity contribution in [3.05, 3.63) is 95.1 Å². The monoisotopic (exact) mass is 518 g/mol. The summed E-state index contributed by atoms with van der Waals surface area (Å²) in [6, 6.07) is 11.4. The van der Waals surface area contributed by atoms with Gasteiger partial charge in [0.1, 0.15) is 5.78 Å². The predicted octanol–water partition coefficient (Wildman–Crippen LogP) is 6.34. The van der Waals surface area contributed by atoms with E-state index in [9.17, 15) is 22.8 Å². The minimum Gasteiger partial charge on any atom is -0.322 e. The average molecular weight is 519 g/mol. The summed E-state index contributed by atoms with van der Waals surface area (Å²) in [4.78, 5) is 29.3. The number of nitrogens with zero attached hydrogens (tertiary/aromatic N) is 3. The van der Waals surface area contributed by atoms with Crippen molar-refractivity contribution in [2.24, 2.45) is 5.92 Å². The van der Waals surface area contributed by atoms with Gasteiger partial charge in [-0.05, 0) is 74.2 Å². The van der Waals surface area contributed by atoms with Gasteiger partial charge in [0.05, 0.1) is 17.4 Å². The molecule has 6 nitrogen and oxygen atoms in total. The largest absolute Gasteiger partial charge is 0.416 e. The third-order valence-electron chi connectivity index (χ3n) is 6.61. The Morgan fingerprint density at radius 1 is 1.03 bits per heavy atom. The molecule has 1 N–H and O–H groups in total. The number of rotatable bonds is 7. The molecule has 4 aromatic rings. The van der Waals surface area contributed by atoms with E-state index in [2.05, 4.69) is 15.4 Å². The highest BCUT2D eigenvalue weighted by molar-refractivity contribution is 6.04. The van der Waals surface area contributed by atoms with Crippen LogP contribution in [-0.2, 0) is 17.4 Å². The third-order valence-corrected chi connectivity index (χ3v) is 6.61. The van der Waals surface area contributed by atoms with Crippen molar-refractivity contribution in [3.63, 3.8) is 0 Å². The number of Topliss-reactive ketones (excluding diaryl/α,β-unsaturated/α-hetero) is 1. The molecule has 194 valence electrons. The van der Waals surface area contributed by atoms with Crippen molar-refractivity contribution in [3.8, 4) is 16.8 Å². The minimum atomic E-state index is -4.53. The van der Waals surface area contributed by atoms with Crippen LogP contribution >= 0.6 is 0 Å². The number of pyridine rings is 1. The summed E-state index contributed by atoms with van der Waals surface area (Å²) in [5, 5.41) is 7.15.